The van der Waals surface area contributed by atoms with Crippen molar-refractivity contribution >= 4 is 17.5 Å². The van der Waals surface area contributed by atoms with Crippen LogP contribution in [0.4, 0.5) is 5.69 Å². The van der Waals surface area contributed by atoms with E-state index in [1.54, 1.807) is 0 Å². The summed E-state index contributed by atoms with van der Waals surface area (Å²) in [6.45, 7) is 2.11. The van der Waals surface area contributed by atoms with Crippen LogP contribution in [-0.2, 0) is 16.0 Å². The number of hydrogen-bond acceptors (Lipinski definition) is 3. The molecule has 2 amide bonds. The van der Waals surface area contributed by atoms with Gasteiger partial charge in [-0.3, -0.25) is 9.59 Å². The minimum Gasteiger partial charge on any atom is -0.371 e. The summed E-state index contributed by atoms with van der Waals surface area (Å²) in [7, 11) is 0. The van der Waals surface area contributed by atoms with Crippen molar-refractivity contribution < 1.29 is 9.59 Å². The molecular formula is C19H25N3O2. The number of para-hydroxylation sites is 1. The standard InChI is InChI=1S/C19H25N3O2/c23-17(20-14-6-7-14)8-9-18(24)21-16-10-12-22-11-2-4-13-3-1-5-15(16)19(13)22/h1,3,5,14,16H,2,4,6-12H2,(H,20,23)(H,21,24)/t16-/m1/s1. The molecule has 1 aliphatic carbocycles. The third-order valence-electron chi connectivity index (χ3n) is 5.26. The Bertz CT molecular complexity index is 654. The minimum atomic E-state index is -0.0205. The van der Waals surface area contributed by atoms with Crippen molar-refractivity contribution in [2.75, 3.05) is 18.0 Å². The van der Waals surface area contributed by atoms with E-state index in [-0.39, 0.29) is 30.7 Å². The van der Waals surface area contributed by atoms with E-state index in [0.717, 1.165) is 38.8 Å². The van der Waals surface area contributed by atoms with Crippen molar-refractivity contribution in [2.45, 2.75) is 57.0 Å². The van der Waals surface area contributed by atoms with E-state index in [4.69, 9.17) is 0 Å². The van der Waals surface area contributed by atoms with Gasteiger partial charge >= 0.3 is 0 Å². The van der Waals surface area contributed by atoms with Gasteiger partial charge in [0.1, 0.15) is 0 Å². The van der Waals surface area contributed by atoms with Gasteiger partial charge in [0, 0.05) is 37.7 Å². The zero-order valence-corrected chi connectivity index (χ0v) is 14.0. The molecule has 0 aromatic heterocycles. The topological polar surface area (TPSA) is 61.4 Å². The lowest BCUT2D eigenvalue weighted by molar-refractivity contribution is -0.127. The Kier molecular flexibility index (Phi) is 4.17. The van der Waals surface area contributed by atoms with Crippen molar-refractivity contribution in [2.24, 2.45) is 0 Å². The lowest BCUT2D eigenvalue weighted by Crippen LogP contribution is -2.40. The second-order valence-electron chi connectivity index (χ2n) is 7.20. The first-order chi connectivity index (χ1) is 11.7. The normalized spacial score (nSPS) is 21.8. The van der Waals surface area contributed by atoms with Crippen LogP contribution in [0.3, 0.4) is 0 Å². The number of amides is 2. The number of carbonyl (C=O) groups is 2. The number of aryl methyl sites for hydroxylation is 1. The molecule has 0 bridgehead atoms. The van der Waals surface area contributed by atoms with Crippen LogP contribution >= 0.6 is 0 Å². The van der Waals surface area contributed by atoms with Crippen molar-refractivity contribution in [3.8, 4) is 0 Å². The lowest BCUT2D eigenvalue weighted by Gasteiger charge is -2.40. The Labute approximate surface area is 142 Å². The largest absolute Gasteiger partial charge is 0.371 e. The van der Waals surface area contributed by atoms with Gasteiger partial charge in [0.2, 0.25) is 11.8 Å². The van der Waals surface area contributed by atoms with Crippen LogP contribution in [0.1, 0.15) is 55.7 Å². The summed E-state index contributed by atoms with van der Waals surface area (Å²) in [5.74, 6) is -0.0210. The number of rotatable bonds is 5. The van der Waals surface area contributed by atoms with Gasteiger partial charge in [0.25, 0.3) is 0 Å². The molecule has 0 spiro atoms. The Morgan fingerprint density at radius 3 is 2.62 bits per heavy atom. The van der Waals surface area contributed by atoms with E-state index in [1.807, 2.05) is 0 Å². The molecule has 1 fully saturated rings. The molecule has 1 aromatic carbocycles. The summed E-state index contributed by atoms with van der Waals surface area (Å²) in [5.41, 5.74) is 3.99. The zero-order chi connectivity index (χ0) is 16.5. The number of hydrogen-bond donors (Lipinski definition) is 2. The van der Waals surface area contributed by atoms with Gasteiger partial charge in [0.05, 0.1) is 6.04 Å². The third-order valence-corrected chi connectivity index (χ3v) is 5.26. The molecule has 1 saturated carbocycles. The Morgan fingerprint density at radius 1 is 1.04 bits per heavy atom. The zero-order valence-electron chi connectivity index (χ0n) is 14.0. The number of nitrogens with zero attached hydrogens (tertiary/aromatic N) is 1. The van der Waals surface area contributed by atoms with E-state index in [1.165, 1.54) is 23.2 Å². The molecule has 24 heavy (non-hydrogen) atoms. The quantitative estimate of drug-likeness (QED) is 0.870. The van der Waals surface area contributed by atoms with E-state index >= 15 is 0 Å². The third kappa shape index (κ3) is 3.25. The highest BCUT2D eigenvalue weighted by Crippen LogP contribution is 2.39. The number of anilines is 1. The molecule has 1 aromatic rings. The lowest BCUT2D eigenvalue weighted by atomic mass is 9.89. The summed E-state index contributed by atoms with van der Waals surface area (Å²) in [6.07, 6.45) is 5.99. The fourth-order valence-electron chi connectivity index (χ4n) is 3.89. The maximum absolute atomic E-state index is 12.3. The van der Waals surface area contributed by atoms with Crippen LogP contribution in [0.25, 0.3) is 0 Å². The van der Waals surface area contributed by atoms with Gasteiger partial charge < -0.3 is 15.5 Å². The van der Waals surface area contributed by atoms with E-state index < -0.39 is 0 Å². The first-order valence-corrected chi connectivity index (χ1v) is 9.16. The predicted octanol–water partition coefficient (Wildman–Crippen LogP) is 2.06. The van der Waals surface area contributed by atoms with Gasteiger partial charge in [0.15, 0.2) is 0 Å². The molecule has 0 saturated heterocycles. The van der Waals surface area contributed by atoms with Crippen molar-refractivity contribution in [1.82, 2.24) is 10.6 Å². The van der Waals surface area contributed by atoms with Gasteiger partial charge in [-0.25, -0.2) is 0 Å². The van der Waals surface area contributed by atoms with Crippen LogP contribution in [0.5, 0.6) is 0 Å². The van der Waals surface area contributed by atoms with Crippen LogP contribution in [-0.4, -0.2) is 30.9 Å². The molecule has 2 N–H and O–H groups in total. The average Bonchev–Trinajstić information content (AvgIpc) is 3.40. The van der Waals surface area contributed by atoms with E-state index in [0.29, 0.717) is 6.04 Å². The molecule has 0 radical (unpaired) electrons. The molecule has 5 heteroatoms. The molecule has 128 valence electrons. The van der Waals surface area contributed by atoms with Gasteiger partial charge in [-0.2, -0.15) is 0 Å². The molecule has 3 aliphatic rings. The van der Waals surface area contributed by atoms with Crippen LogP contribution in [0.2, 0.25) is 0 Å². The maximum atomic E-state index is 12.3. The minimum absolute atomic E-state index is 0.000408. The Morgan fingerprint density at radius 2 is 1.83 bits per heavy atom. The number of benzene rings is 1. The predicted molar refractivity (Wildman–Crippen MR) is 92.9 cm³/mol. The Balaban J connectivity index is 1.38. The summed E-state index contributed by atoms with van der Waals surface area (Å²) < 4.78 is 0. The first kappa shape index (κ1) is 15.5. The first-order valence-electron chi connectivity index (χ1n) is 9.16. The fourth-order valence-corrected chi connectivity index (χ4v) is 3.89. The van der Waals surface area contributed by atoms with Crippen molar-refractivity contribution in [3.05, 3.63) is 29.3 Å². The molecule has 5 nitrogen and oxygen atoms in total. The smallest absolute Gasteiger partial charge is 0.220 e. The Hall–Kier alpha value is -2.04. The van der Waals surface area contributed by atoms with Crippen LogP contribution in [0.15, 0.2) is 18.2 Å². The molecule has 4 rings (SSSR count). The second-order valence-corrected chi connectivity index (χ2v) is 7.20. The van der Waals surface area contributed by atoms with Crippen molar-refractivity contribution in [1.29, 1.82) is 0 Å². The summed E-state index contributed by atoms with van der Waals surface area (Å²) in [5, 5.41) is 6.08. The highest BCUT2D eigenvalue weighted by Gasteiger charge is 2.30. The second kappa shape index (κ2) is 6.46. The highest BCUT2D eigenvalue weighted by atomic mass is 16.2. The number of nitrogens with one attached hydrogen (secondary N) is 2. The van der Waals surface area contributed by atoms with E-state index in [9.17, 15) is 9.59 Å². The van der Waals surface area contributed by atoms with Gasteiger partial charge in [-0.15, -0.1) is 0 Å². The van der Waals surface area contributed by atoms with Gasteiger partial charge in [-0.05, 0) is 43.2 Å². The summed E-state index contributed by atoms with van der Waals surface area (Å²) in [6, 6.07) is 6.89. The van der Waals surface area contributed by atoms with E-state index in [2.05, 4.69) is 33.7 Å². The monoisotopic (exact) mass is 327 g/mol. The van der Waals surface area contributed by atoms with Gasteiger partial charge in [-0.1, -0.05) is 18.2 Å². The fraction of sp³-hybridized carbons (Fsp3) is 0.579. The molecule has 2 aliphatic heterocycles. The molecule has 1 atom stereocenters. The molecular weight excluding hydrogens is 302 g/mol. The molecule has 2 heterocycles. The maximum Gasteiger partial charge on any atom is 0.220 e. The highest BCUT2D eigenvalue weighted by molar-refractivity contribution is 5.84. The average molecular weight is 327 g/mol. The molecule has 0 unspecified atom stereocenters. The SMILES string of the molecule is O=C(CCC(=O)N[C@@H]1CCN2CCCc3cccc1c32)NC1CC1. The summed E-state index contributed by atoms with van der Waals surface area (Å²) in [4.78, 5) is 26.5. The van der Waals surface area contributed by atoms with Crippen molar-refractivity contribution in [3.63, 3.8) is 0 Å². The van der Waals surface area contributed by atoms with Crippen LogP contribution < -0.4 is 15.5 Å². The van der Waals surface area contributed by atoms with Crippen LogP contribution in [0, 0.1) is 0 Å². The number of carbonyl (C=O) groups excluding carboxylic acids is 2. The summed E-state index contributed by atoms with van der Waals surface area (Å²) >= 11 is 0.